The second-order valence-electron chi connectivity index (χ2n) is 4.33. The fourth-order valence-electron chi connectivity index (χ4n) is 1.92. The molecule has 1 fully saturated rings. The molecule has 6 nitrogen and oxygen atoms in total. The Kier molecular flexibility index (Phi) is 3.07. The monoisotopic (exact) mass is 224 g/mol. The van der Waals surface area contributed by atoms with Gasteiger partial charge in [-0.3, -0.25) is 5.10 Å². The van der Waals surface area contributed by atoms with Crippen molar-refractivity contribution in [1.82, 2.24) is 15.2 Å². The molecule has 0 radical (unpaired) electrons. The van der Waals surface area contributed by atoms with E-state index in [2.05, 4.69) is 22.1 Å². The molecule has 0 unspecified atom stereocenters. The Morgan fingerprint density at radius 3 is 2.69 bits per heavy atom. The summed E-state index contributed by atoms with van der Waals surface area (Å²) in [6.45, 7) is 2.22. The van der Waals surface area contributed by atoms with Crippen molar-refractivity contribution in [2.75, 3.05) is 5.73 Å². The van der Waals surface area contributed by atoms with Crippen LogP contribution < -0.4 is 5.73 Å². The van der Waals surface area contributed by atoms with Crippen LogP contribution in [0.3, 0.4) is 0 Å². The summed E-state index contributed by atoms with van der Waals surface area (Å²) in [6.07, 6.45) is 4.08. The first-order valence-electron chi connectivity index (χ1n) is 5.54. The number of rotatable bonds is 2. The quantitative estimate of drug-likeness (QED) is 0.734. The second kappa shape index (κ2) is 4.51. The average Bonchev–Trinajstić information content (AvgIpc) is 2.68. The standard InChI is InChI=1S/C10H16N4O2/c1-6-2-4-7(5-3-6)16-9(15)8-12-10(11)14-13-8/h6-7H,2-5H2,1H3,(H3,11,12,13,14). The molecule has 2 rings (SSSR count). The number of aromatic amines is 1. The minimum atomic E-state index is -0.469. The molecule has 0 bridgehead atoms. The third-order valence-corrected chi connectivity index (χ3v) is 2.93. The SMILES string of the molecule is CC1CCC(OC(=O)c2nc(N)n[nH]2)CC1. The van der Waals surface area contributed by atoms with Gasteiger partial charge in [0.15, 0.2) is 0 Å². The lowest BCUT2D eigenvalue weighted by molar-refractivity contribution is 0.0161. The zero-order chi connectivity index (χ0) is 11.5. The van der Waals surface area contributed by atoms with Crippen LogP contribution in [0.2, 0.25) is 0 Å². The fourth-order valence-corrected chi connectivity index (χ4v) is 1.92. The Labute approximate surface area is 93.6 Å². The number of carbonyl (C=O) groups is 1. The van der Waals surface area contributed by atoms with Crippen molar-refractivity contribution in [3.05, 3.63) is 5.82 Å². The molecule has 0 amide bonds. The van der Waals surface area contributed by atoms with Gasteiger partial charge in [-0.2, -0.15) is 4.98 Å². The number of nitrogens with zero attached hydrogens (tertiary/aromatic N) is 2. The van der Waals surface area contributed by atoms with Crippen LogP contribution in [0.4, 0.5) is 5.95 Å². The zero-order valence-electron chi connectivity index (χ0n) is 9.27. The van der Waals surface area contributed by atoms with Crippen LogP contribution in [0.25, 0.3) is 0 Å². The Morgan fingerprint density at radius 2 is 2.12 bits per heavy atom. The predicted molar refractivity (Wildman–Crippen MR) is 57.6 cm³/mol. The maximum absolute atomic E-state index is 11.6. The van der Waals surface area contributed by atoms with Gasteiger partial charge in [0.1, 0.15) is 6.10 Å². The largest absolute Gasteiger partial charge is 0.457 e. The summed E-state index contributed by atoms with van der Waals surface area (Å²) in [6, 6.07) is 0. The van der Waals surface area contributed by atoms with E-state index in [4.69, 9.17) is 10.5 Å². The number of nitrogens with two attached hydrogens (primary N) is 1. The number of esters is 1. The van der Waals surface area contributed by atoms with Gasteiger partial charge >= 0.3 is 5.97 Å². The summed E-state index contributed by atoms with van der Waals surface area (Å²) in [4.78, 5) is 15.3. The van der Waals surface area contributed by atoms with Gasteiger partial charge in [0, 0.05) is 0 Å². The van der Waals surface area contributed by atoms with Crippen LogP contribution in [-0.4, -0.2) is 27.3 Å². The van der Waals surface area contributed by atoms with Crippen molar-refractivity contribution in [1.29, 1.82) is 0 Å². The van der Waals surface area contributed by atoms with E-state index in [0.29, 0.717) is 0 Å². The smallest absolute Gasteiger partial charge is 0.376 e. The molecule has 1 aromatic rings. The van der Waals surface area contributed by atoms with Crippen LogP contribution in [0.1, 0.15) is 43.2 Å². The highest BCUT2D eigenvalue weighted by Gasteiger charge is 2.23. The number of nitrogens with one attached hydrogen (secondary N) is 1. The number of hydrogen-bond acceptors (Lipinski definition) is 5. The van der Waals surface area contributed by atoms with E-state index < -0.39 is 5.97 Å². The summed E-state index contributed by atoms with van der Waals surface area (Å²) in [5, 5.41) is 6.03. The molecule has 1 saturated carbocycles. The number of H-pyrrole nitrogens is 1. The number of nitrogen functional groups attached to an aromatic ring is 1. The van der Waals surface area contributed by atoms with Crippen molar-refractivity contribution >= 4 is 11.9 Å². The lowest BCUT2D eigenvalue weighted by Crippen LogP contribution is -2.24. The number of anilines is 1. The van der Waals surface area contributed by atoms with Crippen LogP contribution >= 0.6 is 0 Å². The van der Waals surface area contributed by atoms with Crippen LogP contribution in [0.15, 0.2) is 0 Å². The minimum Gasteiger partial charge on any atom is -0.457 e. The van der Waals surface area contributed by atoms with Gasteiger partial charge in [-0.15, -0.1) is 5.10 Å². The summed E-state index contributed by atoms with van der Waals surface area (Å²) in [7, 11) is 0. The summed E-state index contributed by atoms with van der Waals surface area (Å²) in [5.74, 6) is 0.403. The van der Waals surface area contributed by atoms with Gasteiger partial charge in [-0.05, 0) is 31.6 Å². The van der Waals surface area contributed by atoms with E-state index >= 15 is 0 Å². The zero-order valence-corrected chi connectivity index (χ0v) is 9.27. The van der Waals surface area contributed by atoms with Gasteiger partial charge in [-0.25, -0.2) is 4.79 Å². The highest BCUT2D eigenvalue weighted by atomic mass is 16.5. The topological polar surface area (TPSA) is 93.9 Å². The number of carbonyl (C=O) groups excluding carboxylic acids is 1. The molecule has 1 aromatic heterocycles. The first kappa shape index (κ1) is 10.9. The fraction of sp³-hybridized carbons (Fsp3) is 0.700. The average molecular weight is 224 g/mol. The highest BCUT2D eigenvalue weighted by molar-refractivity contribution is 5.85. The van der Waals surface area contributed by atoms with E-state index in [1.807, 2.05) is 0 Å². The lowest BCUT2D eigenvalue weighted by Gasteiger charge is -2.25. The molecule has 0 spiro atoms. The maximum Gasteiger partial charge on any atom is 0.376 e. The summed E-state index contributed by atoms with van der Waals surface area (Å²) >= 11 is 0. The Morgan fingerprint density at radius 1 is 1.44 bits per heavy atom. The molecule has 0 atom stereocenters. The summed E-state index contributed by atoms with van der Waals surface area (Å²) < 4.78 is 5.31. The molecule has 3 N–H and O–H groups in total. The second-order valence-corrected chi connectivity index (χ2v) is 4.33. The third-order valence-electron chi connectivity index (χ3n) is 2.93. The number of aromatic nitrogens is 3. The van der Waals surface area contributed by atoms with Crippen molar-refractivity contribution in [2.45, 2.75) is 38.7 Å². The highest BCUT2D eigenvalue weighted by Crippen LogP contribution is 2.25. The van der Waals surface area contributed by atoms with Crippen LogP contribution in [0.5, 0.6) is 0 Å². The van der Waals surface area contributed by atoms with Gasteiger partial charge in [0.05, 0.1) is 0 Å². The number of ether oxygens (including phenoxy) is 1. The van der Waals surface area contributed by atoms with Gasteiger partial charge < -0.3 is 10.5 Å². The van der Waals surface area contributed by atoms with Crippen molar-refractivity contribution in [3.8, 4) is 0 Å². The Bertz CT molecular complexity index is 369. The Hall–Kier alpha value is -1.59. The summed E-state index contributed by atoms with van der Waals surface area (Å²) in [5.41, 5.74) is 5.31. The number of hydrogen-bond donors (Lipinski definition) is 2. The Balaban J connectivity index is 1.88. The minimum absolute atomic E-state index is 0.00928. The first-order valence-corrected chi connectivity index (χ1v) is 5.54. The van der Waals surface area contributed by atoms with Crippen LogP contribution in [-0.2, 0) is 4.74 Å². The van der Waals surface area contributed by atoms with Gasteiger partial charge in [-0.1, -0.05) is 6.92 Å². The lowest BCUT2D eigenvalue weighted by atomic mass is 9.89. The van der Waals surface area contributed by atoms with Gasteiger partial charge in [0.2, 0.25) is 11.8 Å². The van der Waals surface area contributed by atoms with Crippen molar-refractivity contribution < 1.29 is 9.53 Å². The molecule has 0 aromatic carbocycles. The van der Waals surface area contributed by atoms with Crippen molar-refractivity contribution in [3.63, 3.8) is 0 Å². The maximum atomic E-state index is 11.6. The molecule has 0 saturated heterocycles. The molecule has 1 heterocycles. The van der Waals surface area contributed by atoms with Crippen LogP contribution in [0, 0.1) is 5.92 Å². The first-order chi connectivity index (χ1) is 7.65. The third kappa shape index (κ3) is 2.50. The van der Waals surface area contributed by atoms with E-state index in [1.165, 1.54) is 0 Å². The molecule has 16 heavy (non-hydrogen) atoms. The molecular formula is C10H16N4O2. The molecule has 6 heteroatoms. The normalized spacial score (nSPS) is 25.3. The predicted octanol–water partition coefficient (Wildman–Crippen LogP) is 1.12. The molecule has 1 aliphatic rings. The molecular weight excluding hydrogens is 208 g/mol. The van der Waals surface area contributed by atoms with E-state index in [0.717, 1.165) is 31.6 Å². The van der Waals surface area contributed by atoms with E-state index in [9.17, 15) is 4.79 Å². The molecule has 1 aliphatic carbocycles. The molecule has 0 aliphatic heterocycles. The van der Waals surface area contributed by atoms with E-state index in [1.54, 1.807) is 0 Å². The van der Waals surface area contributed by atoms with Gasteiger partial charge in [0.25, 0.3) is 0 Å². The molecule has 88 valence electrons. The van der Waals surface area contributed by atoms with E-state index in [-0.39, 0.29) is 17.9 Å². The van der Waals surface area contributed by atoms with Crippen molar-refractivity contribution in [2.24, 2.45) is 5.92 Å².